The van der Waals surface area contributed by atoms with Gasteiger partial charge in [0.25, 0.3) is 0 Å². The van der Waals surface area contributed by atoms with Gasteiger partial charge in [-0.3, -0.25) is 4.79 Å². The third kappa shape index (κ3) is 4.31. The summed E-state index contributed by atoms with van der Waals surface area (Å²) in [6.07, 6.45) is 4.07. The highest BCUT2D eigenvalue weighted by atomic mass is 35.5. The average Bonchev–Trinajstić information content (AvgIpc) is 3.43. The van der Waals surface area contributed by atoms with Gasteiger partial charge in [0.2, 0.25) is 7.34 Å². The number of nitrogens with one attached hydrogen (secondary N) is 1. The highest BCUT2D eigenvalue weighted by molar-refractivity contribution is 6.36. The second-order valence-electron chi connectivity index (χ2n) is 7.88. The van der Waals surface area contributed by atoms with Crippen molar-refractivity contribution in [1.82, 2.24) is 4.57 Å². The molecule has 0 atom stereocenters. The van der Waals surface area contributed by atoms with Crippen LogP contribution in [0.25, 0.3) is 10.9 Å². The molecule has 1 aliphatic carbocycles. The molecule has 162 valence electrons. The number of nitrogens with zero attached hydrogens (tertiary/aromatic N) is 1. The van der Waals surface area contributed by atoms with Gasteiger partial charge in [0.05, 0.1) is 35.5 Å². The van der Waals surface area contributed by atoms with Gasteiger partial charge in [-0.25, -0.2) is 4.79 Å². The van der Waals surface area contributed by atoms with Crippen molar-refractivity contribution in [3.63, 3.8) is 0 Å². The number of carbonyl (C=O) groups is 2. The van der Waals surface area contributed by atoms with Crippen molar-refractivity contribution in [1.29, 1.82) is 1.43 Å². The molecule has 31 heavy (non-hydrogen) atoms. The predicted octanol–water partition coefficient (Wildman–Crippen LogP) is 4.75. The zero-order valence-electron chi connectivity index (χ0n) is 18.3. The van der Waals surface area contributed by atoms with Crippen LogP contribution in [0, 0.1) is 5.92 Å². The summed E-state index contributed by atoms with van der Waals surface area (Å²) in [6.45, 7) is 0.509. The van der Waals surface area contributed by atoms with Crippen LogP contribution in [0.1, 0.15) is 47.3 Å². The average molecular weight is 443 g/mol. The maximum atomic E-state index is 12.5. The van der Waals surface area contributed by atoms with E-state index in [4.69, 9.17) is 17.8 Å². The first kappa shape index (κ1) is 20.1. The van der Waals surface area contributed by atoms with Gasteiger partial charge in [0.15, 0.2) is 0 Å². The van der Waals surface area contributed by atoms with Gasteiger partial charge in [-0.05, 0) is 48.7 Å². The third-order valence-electron chi connectivity index (χ3n) is 5.95. The number of methoxy groups -OCH3 is 1. The van der Waals surface area contributed by atoms with Crippen LogP contribution < -0.4 is 5.32 Å². The van der Waals surface area contributed by atoms with Gasteiger partial charge in [0, 0.05) is 23.5 Å². The number of hydrogen-bond donors (Lipinski definition) is 2. The van der Waals surface area contributed by atoms with Gasteiger partial charge in [-0.1, -0.05) is 36.6 Å². The lowest BCUT2D eigenvalue weighted by molar-refractivity contribution is -0.119. The highest BCUT2D eigenvalue weighted by Gasteiger charge is 2.23. The van der Waals surface area contributed by atoms with Gasteiger partial charge in [-0.2, -0.15) is 0 Å². The second kappa shape index (κ2) is 9.12. The number of aromatic nitrogens is 1. The first-order valence-corrected chi connectivity index (χ1v) is 10.8. The lowest BCUT2D eigenvalue weighted by Crippen LogP contribution is -2.20. The first-order valence-electron chi connectivity index (χ1n) is 10.8. The molecular formula is C24H25ClN2O4. The second-order valence-corrected chi connectivity index (χ2v) is 8.26. The van der Waals surface area contributed by atoms with Gasteiger partial charge >= 0.3 is 5.97 Å². The monoisotopic (exact) mass is 442 g/mol. The molecule has 3 aromatic rings. The summed E-state index contributed by atoms with van der Waals surface area (Å²) < 4.78 is 14.0. The summed E-state index contributed by atoms with van der Waals surface area (Å²) in [6, 6.07) is 12.8. The first-order chi connectivity index (χ1) is 15.5. The Morgan fingerprint density at radius 3 is 2.65 bits per heavy atom. The van der Waals surface area contributed by atoms with Crippen LogP contribution >= 0.6 is 11.6 Å². The Hall–Kier alpha value is -2.83. The number of anilines is 1. The van der Waals surface area contributed by atoms with E-state index in [1.807, 2.05) is 34.9 Å². The SMILES string of the molecule is [3H]OCc1c(Cl)c2cc(NC(=O)C3CCCC3)ccc2n1Cc1ccc(C(=O)OC)cc1. The number of amides is 1. The molecule has 2 aromatic carbocycles. The lowest BCUT2D eigenvalue weighted by atomic mass is 10.1. The molecule has 0 unspecified atom stereocenters. The highest BCUT2D eigenvalue weighted by Crippen LogP contribution is 2.34. The molecule has 1 aliphatic rings. The molecule has 1 heterocycles. The van der Waals surface area contributed by atoms with E-state index < -0.39 is 0 Å². The Morgan fingerprint density at radius 1 is 1.23 bits per heavy atom. The van der Waals surface area contributed by atoms with E-state index in [1.54, 1.807) is 12.1 Å². The number of aliphatic hydroxyl groups is 1. The molecule has 0 bridgehead atoms. The standard InChI is InChI=1S/C24H25ClN2O4/c1-31-24(30)17-8-6-15(7-9-17)13-27-20-11-10-18(12-19(20)22(25)21(27)14-28)26-23(29)16-4-2-3-5-16/h6-12,16,28H,2-5,13-14H2,1H3,(H,26,29)/i28T. The number of rotatable bonds is 7. The normalized spacial score (nSPS) is 14.6. The van der Waals surface area contributed by atoms with Crippen molar-refractivity contribution in [2.45, 2.75) is 38.8 Å². The number of hydrogen-bond acceptors (Lipinski definition) is 4. The zero-order chi connectivity index (χ0) is 22.7. The molecule has 1 amide bonds. The number of halogens is 1. The molecule has 1 aromatic heterocycles. The van der Waals surface area contributed by atoms with Gasteiger partial charge in [-0.15, -0.1) is 0 Å². The van der Waals surface area contributed by atoms with Crippen molar-refractivity contribution < 1.29 is 19.4 Å². The molecule has 0 aliphatic heterocycles. The Labute approximate surface area is 187 Å². The van der Waals surface area contributed by atoms with Gasteiger partial charge in [0.1, 0.15) is 0 Å². The van der Waals surface area contributed by atoms with E-state index in [-0.39, 0.29) is 24.4 Å². The van der Waals surface area contributed by atoms with Crippen LogP contribution in [-0.4, -0.2) is 30.1 Å². The van der Waals surface area contributed by atoms with E-state index >= 15 is 0 Å². The Balaban J connectivity index is 1.64. The Morgan fingerprint density at radius 2 is 1.97 bits per heavy atom. The summed E-state index contributed by atoms with van der Waals surface area (Å²) in [5.74, 6) is -0.259. The van der Waals surface area contributed by atoms with Crippen molar-refractivity contribution in [3.8, 4) is 0 Å². The Kier molecular flexibility index (Phi) is 5.91. The molecule has 0 radical (unpaired) electrons. The molecule has 0 spiro atoms. The minimum atomic E-state index is -0.388. The van der Waals surface area contributed by atoms with Crippen LogP contribution in [0.5, 0.6) is 0 Å². The summed E-state index contributed by atoms with van der Waals surface area (Å²) in [7, 11) is 1.35. The number of benzene rings is 2. The molecule has 4 rings (SSSR count). The molecular weight excluding hydrogens is 416 g/mol. The van der Waals surface area contributed by atoms with Crippen LogP contribution in [0.4, 0.5) is 5.69 Å². The van der Waals surface area contributed by atoms with E-state index in [1.165, 1.54) is 7.11 Å². The number of aliphatic hydroxyl groups excluding tert-OH is 1. The fraction of sp³-hybridized carbons (Fsp3) is 0.333. The number of ether oxygens (including phenoxy) is 1. The molecule has 1 fully saturated rings. The number of carbonyl (C=O) groups excluding carboxylic acids is 2. The quantitative estimate of drug-likeness (QED) is 0.517. The number of esters is 1. The summed E-state index contributed by atoms with van der Waals surface area (Å²) in [5.41, 5.74) is 3.68. The van der Waals surface area contributed by atoms with E-state index in [0.717, 1.165) is 42.1 Å². The van der Waals surface area contributed by atoms with Crippen LogP contribution in [0.2, 0.25) is 5.02 Å². The minimum absolute atomic E-state index is 0.0253. The molecule has 1 saturated carbocycles. The summed E-state index contributed by atoms with van der Waals surface area (Å²) in [4.78, 5) is 24.2. The van der Waals surface area contributed by atoms with Crippen molar-refractivity contribution in [2.75, 3.05) is 12.4 Å². The maximum absolute atomic E-state index is 12.5. The predicted molar refractivity (Wildman–Crippen MR) is 120 cm³/mol. The molecule has 2 N–H and O–H groups in total. The van der Waals surface area contributed by atoms with Crippen molar-refractivity contribution in [3.05, 3.63) is 64.3 Å². The minimum Gasteiger partial charge on any atom is -0.465 e. The lowest BCUT2D eigenvalue weighted by Gasteiger charge is -2.12. The molecule has 7 heteroatoms. The molecule has 6 nitrogen and oxygen atoms in total. The van der Waals surface area contributed by atoms with Crippen molar-refractivity contribution >= 4 is 40.1 Å². The zero-order valence-corrected chi connectivity index (χ0v) is 18.1. The maximum Gasteiger partial charge on any atom is 0.337 e. The van der Waals surface area contributed by atoms with Crippen LogP contribution in [0.3, 0.4) is 0 Å². The Bertz CT molecular complexity index is 1140. The smallest absolute Gasteiger partial charge is 0.337 e. The fourth-order valence-corrected chi connectivity index (χ4v) is 4.55. The van der Waals surface area contributed by atoms with E-state index in [0.29, 0.717) is 28.5 Å². The largest absolute Gasteiger partial charge is 0.465 e. The third-order valence-corrected chi connectivity index (χ3v) is 6.37. The topological polar surface area (TPSA) is 80.6 Å². The van der Waals surface area contributed by atoms with E-state index in [9.17, 15) is 9.59 Å². The number of fused-ring (bicyclic) bond motifs is 1. The van der Waals surface area contributed by atoms with Gasteiger partial charge < -0.3 is 19.7 Å². The molecule has 0 saturated heterocycles. The fourth-order valence-electron chi connectivity index (χ4n) is 4.25. The van der Waals surface area contributed by atoms with E-state index in [2.05, 4.69) is 10.4 Å². The van der Waals surface area contributed by atoms with Crippen molar-refractivity contribution in [2.24, 2.45) is 5.92 Å². The summed E-state index contributed by atoms with van der Waals surface area (Å²) >= 11 is 6.67. The van der Waals surface area contributed by atoms with Crippen LogP contribution in [0.15, 0.2) is 42.5 Å². The summed E-state index contributed by atoms with van der Waals surface area (Å²) in [5, 5.41) is 8.96. The van der Waals surface area contributed by atoms with Crippen LogP contribution in [-0.2, 0) is 22.7 Å².